The third-order valence-electron chi connectivity index (χ3n) is 8.40. The first kappa shape index (κ1) is 21.2. The van der Waals surface area contributed by atoms with Gasteiger partial charge in [0.25, 0.3) is 0 Å². The number of thiophene rings is 1. The van der Waals surface area contributed by atoms with Crippen molar-refractivity contribution in [1.29, 1.82) is 0 Å². The van der Waals surface area contributed by atoms with Crippen LogP contribution in [0.3, 0.4) is 0 Å². The van der Waals surface area contributed by atoms with E-state index in [2.05, 4.69) is 133 Å². The van der Waals surface area contributed by atoms with Gasteiger partial charge in [0.1, 0.15) is 0 Å². The Kier molecular flexibility index (Phi) is 4.30. The molecule has 0 saturated carbocycles. The number of hydrogen-bond donors (Lipinski definition) is 0. The first-order valence-corrected chi connectivity index (χ1v) is 14.2. The molecule has 0 bridgehead atoms. The standard InChI is InChI=1S/C38H22S/c1-2-8-29-26(6-1)22-34(32-10-4-3-9-31(29)32)28-15-13-24-20-27(14-12-25(24)21-28)30-18-19-36-38-33(30)17-16-23-7-5-11-35(39-36)37(23)38/h1-22H. The SMILES string of the molecule is c1ccc2c(c1)cc(-c1ccc3cc(-c4ccc5sc6cccc7ccc4c5c76)ccc3c1)c1ccccc12. The largest absolute Gasteiger partial charge is 0.135 e. The Hall–Kier alpha value is -4.72. The van der Waals surface area contributed by atoms with Crippen molar-refractivity contribution in [3.05, 3.63) is 133 Å². The molecule has 0 spiro atoms. The van der Waals surface area contributed by atoms with Gasteiger partial charge in [-0.3, -0.25) is 0 Å². The smallest absolute Gasteiger partial charge is 0.0362 e. The van der Waals surface area contributed by atoms with Crippen LogP contribution in [0.25, 0.3) is 85.5 Å². The van der Waals surface area contributed by atoms with Crippen molar-refractivity contribution in [1.82, 2.24) is 0 Å². The highest BCUT2D eigenvalue weighted by molar-refractivity contribution is 7.26. The van der Waals surface area contributed by atoms with Crippen LogP contribution in [-0.4, -0.2) is 0 Å². The highest BCUT2D eigenvalue weighted by atomic mass is 32.1. The van der Waals surface area contributed by atoms with Gasteiger partial charge in [-0.2, -0.15) is 0 Å². The summed E-state index contributed by atoms with van der Waals surface area (Å²) in [7, 11) is 0. The first-order valence-electron chi connectivity index (χ1n) is 13.4. The summed E-state index contributed by atoms with van der Waals surface area (Å²) in [5.41, 5.74) is 5.12. The molecule has 1 heterocycles. The van der Waals surface area contributed by atoms with Crippen molar-refractivity contribution in [2.75, 3.05) is 0 Å². The molecule has 0 aliphatic rings. The molecule has 0 amide bonds. The summed E-state index contributed by atoms with van der Waals surface area (Å²) in [4.78, 5) is 0. The van der Waals surface area contributed by atoms with Crippen LogP contribution in [0, 0.1) is 0 Å². The van der Waals surface area contributed by atoms with Gasteiger partial charge in [-0.1, -0.05) is 103 Å². The summed E-state index contributed by atoms with van der Waals surface area (Å²) in [5.74, 6) is 0. The second-order valence-corrected chi connectivity index (χ2v) is 11.6. The van der Waals surface area contributed by atoms with E-state index in [0.29, 0.717) is 0 Å². The van der Waals surface area contributed by atoms with Gasteiger partial charge in [0.05, 0.1) is 0 Å². The average molecular weight is 511 g/mol. The molecule has 0 fully saturated rings. The zero-order valence-corrected chi connectivity index (χ0v) is 21.9. The fraction of sp³-hybridized carbons (Fsp3) is 0. The summed E-state index contributed by atoms with van der Waals surface area (Å²) in [6.45, 7) is 0. The maximum atomic E-state index is 2.35. The number of benzene rings is 8. The van der Waals surface area contributed by atoms with Gasteiger partial charge in [-0.05, 0) is 95.7 Å². The average Bonchev–Trinajstić information content (AvgIpc) is 3.39. The molecule has 0 nitrogen and oxygen atoms in total. The Bertz CT molecular complexity index is 2390. The predicted octanol–water partition coefficient (Wildman–Crippen LogP) is 11.4. The van der Waals surface area contributed by atoms with Crippen molar-refractivity contribution >= 4 is 74.6 Å². The van der Waals surface area contributed by atoms with Crippen molar-refractivity contribution in [3.8, 4) is 22.3 Å². The highest BCUT2D eigenvalue weighted by Crippen LogP contribution is 2.44. The van der Waals surface area contributed by atoms with E-state index < -0.39 is 0 Å². The molecule has 39 heavy (non-hydrogen) atoms. The topological polar surface area (TPSA) is 0 Å². The van der Waals surface area contributed by atoms with Crippen LogP contribution in [0.4, 0.5) is 0 Å². The molecular formula is C38H22S. The van der Waals surface area contributed by atoms with E-state index in [9.17, 15) is 0 Å². The summed E-state index contributed by atoms with van der Waals surface area (Å²) in [6, 6.07) is 49.5. The minimum Gasteiger partial charge on any atom is -0.135 e. The third-order valence-corrected chi connectivity index (χ3v) is 9.52. The maximum absolute atomic E-state index is 2.35. The second kappa shape index (κ2) is 7.89. The van der Waals surface area contributed by atoms with E-state index >= 15 is 0 Å². The molecule has 0 atom stereocenters. The highest BCUT2D eigenvalue weighted by Gasteiger charge is 2.15. The zero-order valence-electron chi connectivity index (χ0n) is 21.1. The molecule has 0 radical (unpaired) electrons. The lowest BCUT2D eigenvalue weighted by molar-refractivity contribution is 1.68. The van der Waals surface area contributed by atoms with Gasteiger partial charge in [0, 0.05) is 20.2 Å². The summed E-state index contributed by atoms with van der Waals surface area (Å²) in [5, 5.41) is 13.2. The number of fused-ring (bicyclic) bond motifs is 4. The van der Waals surface area contributed by atoms with Gasteiger partial charge in [0.2, 0.25) is 0 Å². The molecule has 9 rings (SSSR count). The normalized spacial score (nSPS) is 12.1. The van der Waals surface area contributed by atoms with Gasteiger partial charge in [0.15, 0.2) is 0 Å². The van der Waals surface area contributed by atoms with Crippen LogP contribution >= 0.6 is 11.3 Å². The molecule has 8 aromatic carbocycles. The third kappa shape index (κ3) is 3.05. The van der Waals surface area contributed by atoms with Crippen molar-refractivity contribution in [2.24, 2.45) is 0 Å². The van der Waals surface area contributed by atoms with Gasteiger partial charge < -0.3 is 0 Å². The van der Waals surface area contributed by atoms with Gasteiger partial charge in [-0.15, -0.1) is 11.3 Å². The molecule has 180 valence electrons. The van der Waals surface area contributed by atoms with E-state index in [1.54, 1.807) is 0 Å². The first-order chi connectivity index (χ1) is 19.3. The minimum absolute atomic E-state index is 1.26. The van der Waals surface area contributed by atoms with E-state index in [1.807, 2.05) is 11.3 Å². The molecule has 0 saturated heterocycles. The zero-order chi connectivity index (χ0) is 25.5. The Morgan fingerprint density at radius 3 is 1.85 bits per heavy atom. The Morgan fingerprint density at radius 1 is 0.333 bits per heavy atom. The summed E-state index contributed by atoms with van der Waals surface area (Å²) >= 11 is 1.90. The van der Waals surface area contributed by atoms with Crippen LogP contribution < -0.4 is 0 Å². The molecular weight excluding hydrogens is 488 g/mol. The van der Waals surface area contributed by atoms with Gasteiger partial charge >= 0.3 is 0 Å². The monoisotopic (exact) mass is 510 g/mol. The van der Waals surface area contributed by atoms with E-state index in [1.165, 1.54) is 85.5 Å². The fourth-order valence-electron chi connectivity index (χ4n) is 6.57. The number of rotatable bonds is 2. The van der Waals surface area contributed by atoms with Crippen LogP contribution in [0.15, 0.2) is 133 Å². The summed E-state index contributed by atoms with van der Waals surface area (Å²) in [6.07, 6.45) is 0. The van der Waals surface area contributed by atoms with Gasteiger partial charge in [-0.25, -0.2) is 0 Å². The Balaban J connectivity index is 1.22. The molecule has 1 aromatic heterocycles. The van der Waals surface area contributed by atoms with Crippen molar-refractivity contribution < 1.29 is 0 Å². The van der Waals surface area contributed by atoms with Crippen molar-refractivity contribution in [3.63, 3.8) is 0 Å². The van der Waals surface area contributed by atoms with Crippen LogP contribution in [0.5, 0.6) is 0 Å². The van der Waals surface area contributed by atoms with Crippen LogP contribution in [0.2, 0.25) is 0 Å². The predicted molar refractivity (Wildman–Crippen MR) is 171 cm³/mol. The molecule has 9 aromatic rings. The van der Waals surface area contributed by atoms with Crippen molar-refractivity contribution in [2.45, 2.75) is 0 Å². The lowest BCUT2D eigenvalue weighted by atomic mass is 9.91. The fourth-order valence-corrected chi connectivity index (χ4v) is 7.73. The van der Waals surface area contributed by atoms with E-state index in [-0.39, 0.29) is 0 Å². The van der Waals surface area contributed by atoms with Crippen LogP contribution in [-0.2, 0) is 0 Å². The lowest BCUT2D eigenvalue weighted by Gasteiger charge is -2.13. The molecule has 0 aliphatic heterocycles. The molecule has 0 unspecified atom stereocenters. The van der Waals surface area contributed by atoms with E-state index in [4.69, 9.17) is 0 Å². The maximum Gasteiger partial charge on any atom is 0.0362 e. The lowest BCUT2D eigenvalue weighted by Crippen LogP contribution is -1.86. The molecule has 0 aliphatic carbocycles. The molecule has 0 N–H and O–H groups in total. The summed E-state index contributed by atoms with van der Waals surface area (Å²) < 4.78 is 2.74. The van der Waals surface area contributed by atoms with Crippen LogP contribution in [0.1, 0.15) is 0 Å². The Labute approximate surface area is 229 Å². The minimum atomic E-state index is 1.26. The second-order valence-electron chi connectivity index (χ2n) is 10.5. The quantitative estimate of drug-likeness (QED) is 0.203. The Morgan fingerprint density at radius 2 is 1.00 bits per heavy atom. The molecule has 1 heteroatoms. The number of hydrogen-bond acceptors (Lipinski definition) is 1. The van der Waals surface area contributed by atoms with E-state index in [0.717, 1.165) is 0 Å².